The molecule has 3 rings (SSSR count). The topological polar surface area (TPSA) is 50.4 Å². The highest BCUT2D eigenvalue weighted by Crippen LogP contribution is 2.49. The molecule has 0 heterocycles. The Morgan fingerprint density at radius 1 is 1.20 bits per heavy atom. The minimum absolute atomic E-state index is 0.592. The second-order valence-electron chi connectivity index (χ2n) is 5.59. The fourth-order valence-electron chi connectivity index (χ4n) is 3.45. The molecule has 3 unspecified atom stereocenters. The molecule has 3 fully saturated rings. The molecule has 0 aromatic carbocycles. The molecule has 3 N–H and O–H groups in total. The van der Waals surface area contributed by atoms with Crippen LogP contribution in [0.1, 0.15) is 44.9 Å². The number of nitrogens with two attached hydrogens (primary N) is 1. The van der Waals surface area contributed by atoms with Crippen molar-refractivity contribution in [3.63, 3.8) is 0 Å². The van der Waals surface area contributed by atoms with E-state index in [4.69, 9.17) is 5.84 Å². The fourth-order valence-corrected chi connectivity index (χ4v) is 3.45. The summed E-state index contributed by atoms with van der Waals surface area (Å²) in [5.41, 5.74) is 2.81. The van der Waals surface area contributed by atoms with Crippen molar-refractivity contribution in [3.05, 3.63) is 0 Å². The summed E-state index contributed by atoms with van der Waals surface area (Å²) >= 11 is 0. The Morgan fingerprint density at radius 3 is 2.60 bits per heavy atom. The summed E-state index contributed by atoms with van der Waals surface area (Å²) in [5, 5.41) is 0. The van der Waals surface area contributed by atoms with Crippen LogP contribution < -0.4 is 11.3 Å². The number of amidine groups is 1. The number of rotatable bonds is 3. The highest BCUT2D eigenvalue weighted by molar-refractivity contribution is 5.82. The predicted molar refractivity (Wildman–Crippen MR) is 61.3 cm³/mol. The Hall–Kier alpha value is -0.570. The van der Waals surface area contributed by atoms with Crippen molar-refractivity contribution in [2.45, 2.75) is 51.0 Å². The van der Waals surface area contributed by atoms with Crippen LogP contribution in [0.2, 0.25) is 0 Å². The standard InChI is InChI=1S/C12H21N3/c13-15-12(14-11-3-4-11)7-10-6-8-1-2-9(10)5-8/h8-11H,1-7,13H2,(H,14,15). The van der Waals surface area contributed by atoms with E-state index in [1.807, 2.05) is 0 Å². The Labute approximate surface area is 91.5 Å². The number of fused-ring (bicyclic) bond motifs is 2. The van der Waals surface area contributed by atoms with E-state index in [2.05, 4.69) is 10.4 Å². The van der Waals surface area contributed by atoms with Gasteiger partial charge in [0.15, 0.2) is 0 Å². The molecule has 3 heteroatoms. The smallest absolute Gasteiger partial charge is 0.111 e. The molecule has 0 aliphatic heterocycles. The van der Waals surface area contributed by atoms with E-state index in [0.717, 1.165) is 30.0 Å². The van der Waals surface area contributed by atoms with Crippen LogP contribution in [0.3, 0.4) is 0 Å². The lowest BCUT2D eigenvalue weighted by molar-refractivity contribution is 0.340. The van der Waals surface area contributed by atoms with Gasteiger partial charge in [-0.1, -0.05) is 6.42 Å². The Morgan fingerprint density at radius 2 is 2.07 bits per heavy atom. The van der Waals surface area contributed by atoms with E-state index in [9.17, 15) is 0 Å². The first-order chi connectivity index (χ1) is 7.35. The average molecular weight is 207 g/mol. The van der Waals surface area contributed by atoms with Gasteiger partial charge >= 0.3 is 0 Å². The molecule has 0 aromatic rings. The first kappa shape index (κ1) is 9.64. The number of hydrogen-bond acceptors (Lipinski definition) is 2. The summed E-state index contributed by atoms with van der Waals surface area (Å²) in [7, 11) is 0. The van der Waals surface area contributed by atoms with Crippen molar-refractivity contribution in [2.24, 2.45) is 28.6 Å². The van der Waals surface area contributed by atoms with Crippen LogP contribution in [0, 0.1) is 17.8 Å². The highest BCUT2D eigenvalue weighted by Gasteiger charge is 2.39. The first-order valence-electron chi connectivity index (χ1n) is 6.38. The van der Waals surface area contributed by atoms with Crippen LogP contribution in [-0.2, 0) is 0 Å². The molecular weight excluding hydrogens is 186 g/mol. The van der Waals surface area contributed by atoms with E-state index in [1.54, 1.807) is 0 Å². The lowest BCUT2D eigenvalue weighted by Crippen LogP contribution is -2.33. The molecule has 0 spiro atoms. The van der Waals surface area contributed by atoms with Gasteiger partial charge in [0, 0.05) is 6.42 Å². The lowest BCUT2D eigenvalue weighted by Gasteiger charge is -2.22. The Bertz CT molecular complexity index is 270. The third kappa shape index (κ3) is 2.03. The molecule has 0 radical (unpaired) electrons. The highest BCUT2D eigenvalue weighted by atomic mass is 15.3. The molecule has 0 saturated heterocycles. The van der Waals surface area contributed by atoms with E-state index >= 15 is 0 Å². The maximum absolute atomic E-state index is 5.54. The van der Waals surface area contributed by atoms with Crippen molar-refractivity contribution in [1.82, 2.24) is 5.43 Å². The van der Waals surface area contributed by atoms with Gasteiger partial charge in [-0.05, 0) is 49.9 Å². The van der Waals surface area contributed by atoms with Gasteiger partial charge in [-0.25, -0.2) is 5.84 Å². The molecule has 3 aliphatic carbocycles. The number of nitrogens with zero attached hydrogens (tertiary/aromatic N) is 1. The van der Waals surface area contributed by atoms with Crippen LogP contribution in [0.15, 0.2) is 4.99 Å². The number of hydrazine groups is 1. The van der Waals surface area contributed by atoms with Crippen LogP contribution in [0.4, 0.5) is 0 Å². The number of aliphatic imine (C=N–C) groups is 1. The molecule has 2 bridgehead atoms. The molecule has 84 valence electrons. The number of nitrogens with one attached hydrogen (secondary N) is 1. The minimum atomic E-state index is 0.592. The Kier molecular flexibility index (Phi) is 2.43. The number of hydrogen-bond donors (Lipinski definition) is 2. The van der Waals surface area contributed by atoms with Crippen LogP contribution in [0.5, 0.6) is 0 Å². The van der Waals surface area contributed by atoms with Crippen molar-refractivity contribution >= 4 is 5.84 Å². The molecule has 3 aliphatic rings. The quantitative estimate of drug-likeness (QED) is 0.321. The zero-order valence-corrected chi connectivity index (χ0v) is 9.28. The van der Waals surface area contributed by atoms with Gasteiger partial charge in [-0.2, -0.15) is 0 Å². The van der Waals surface area contributed by atoms with Crippen LogP contribution in [0.25, 0.3) is 0 Å². The van der Waals surface area contributed by atoms with Gasteiger partial charge in [0.1, 0.15) is 5.84 Å². The molecule has 3 atom stereocenters. The normalized spacial score (nSPS) is 39.8. The van der Waals surface area contributed by atoms with Gasteiger partial charge in [-0.3, -0.25) is 4.99 Å². The van der Waals surface area contributed by atoms with Crippen LogP contribution in [-0.4, -0.2) is 11.9 Å². The summed E-state index contributed by atoms with van der Waals surface area (Å²) in [6.45, 7) is 0. The maximum atomic E-state index is 5.54. The van der Waals surface area contributed by atoms with Crippen molar-refractivity contribution < 1.29 is 0 Å². The predicted octanol–water partition coefficient (Wildman–Crippen LogP) is 1.84. The second kappa shape index (κ2) is 3.78. The van der Waals surface area contributed by atoms with E-state index in [1.165, 1.54) is 38.5 Å². The second-order valence-corrected chi connectivity index (χ2v) is 5.59. The van der Waals surface area contributed by atoms with Crippen molar-refractivity contribution in [2.75, 3.05) is 0 Å². The minimum Gasteiger partial charge on any atom is -0.312 e. The van der Waals surface area contributed by atoms with Gasteiger partial charge in [0.05, 0.1) is 6.04 Å². The largest absolute Gasteiger partial charge is 0.312 e. The SMILES string of the molecule is NNC(CC1CC2CCC1C2)=NC1CC1. The Balaban J connectivity index is 1.59. The molecule has 0 aromatic heterocycles. The van der Waals surface area contributed by atoms with Gasteiger partial charge in [0.2, 0.25) is 0 Å². The van der Waals surface area contributed by atoms with E-state index < -0.39 is 0 Å². The summed E-state index contributed by atoms with van der Waals surface area (Å²) < 4.78 is 0. The van der Waals surface area contributed by atoms with Crippen molar-refractivity contribution in [3.8, 4) is 0 Å². The maximum Gasteiger partial charge on any atom is 0.111 e. The van der Waals surface area contributed by atoms with Crippen LogP contribution >= 0.6 is 0 Å². The van der Waals surface area contributed by atoms with Crippen molar-refractivity contribution in [1.29, 1.82) is 0 Å². The van der Waals surface area contributed by atoms with Gasteiger partial charge < -0.3 is 5.43 Å². The third-order valence-electron chi connectivity index (χ3n) is 4.39. The summed E-state index contributed by atoms with van der Waals surface area (Å²) in [6, 6.07) is 0.592. The fraction of sp³-hybridized carbons (Fsp3) is 0.917. The van der Waals surface area contributed by atoms with E-state index in [-0.39, 0.29) is 0 Å². The summed E-state index contributed by atoms with van der Waals surface area (Å²) in [4.78, 5) is 4.63. The molecular formula is C12H21N3. The zero-order chi connectivity index (χ0) is 10.3. The lowest BCUT2D eigenvalue weighted by atomic mass is 9.86. The first-order valence-corrected chi connectivity index (χ1v) is 6.38. The summed E-state index contributed by atoms with van der Waals surface area (Å²) in [5.74, 6) is 9.49. The van der Waals surface area contributed by atoms with Gasteiger partial charge in [0.25, 0.3) is 0 Å². The summed E-state index contributed by atoms with van der Waals surface area (Å²) in [6.07, 6.45) is 9.48. The monoisotopic (exact) mass is 207 g/mol. The molecule has 3 nitrogen and oxygen atoms in total. The van der Waals surface area contributed by atoms with Gasteiger partial charge in [-0.15, -0.1) is 0 Å². The molecule has 0 amide bonds. The van der Waals surface area contributed by atoms with E-state index in [0.29, 0.717) is 6.04 Å². The molecule has 15 heavy (non-hydrogen) atoms. The third-order valence-corrected chi connectivity index (χ3v) is 4.39. The molecule has 3 saturated carbocycles. The zero-order valence-electron chi connectivity index (χ0n) is 9.28. The average Bonchev–Trinajstić information content (AvgIpc) is 2.82.